The summed E-state index contributed by atoms with van der Waals surface area (Å²) < 4.78 is 1.76. The van der Waals surface area contributed by atoms with Crippen LogP contribution in [-0.4, -0.2) is 38.8 Å². The lowest BCUT2D eigenvalue weighted by Crippen LogP contribution is -2.39. The summed E-state index contributed by atoms with van der Waals surface area (Å²) in [5.41, 5.74) is 3.64. The third-order valence-corrected chi connectivity index (χ3v) is 8.61. The normalized spacial score (nSPS) is 14.8. The predicted octanol–water partition coefficient (Wildman–Crippen LogP) is 7.00. The molecule has 4 aromatic rings. The highest BCUT2D eigenvalue weighted by Crippen LogP contribution is 2.38. The van der Waals surface area contributed by atoms with Crippen molar-refractivity contribution in [2.24, 2.45) is 5.92 Å². The maximum Gasteiger partial charge on any atom is 0.323 e. The number of carboxylic acids is 1. The van der Waals surface area contributed by atoms with Crippen LogP contribution in [0.15, 0.2) is 90.1 Å². The van der Waals surface area contributed by atoms with Crippen molar-refractivity contribution in [3.05, 3.63) is 90.5 Å². The van der Waals surface area contributed by atoms with Gasteiger partial charge in [-0.3, -0.25) is 9.59 Å². The van der Waals surface area contributed by atoms with E-state index in [0.717, 1.165) is 47.3 Å². The Kier molecular flexibility index (Phi) is 8.99. The minimum absolute atomic E-state index is 0.127. The van der Waals surface area contributed by atoms with E-state index < -0.39 is 5.97 Å². The number of carboxylic acid groups (broad SMARTS) is 1. The Morgan fingerprint density at radius 2 is 1.59 bits per heavy atom. The highest BCUT2D eigenvalue weighted by molar-refractivity contribution is 7.99. The maximum absolute atomic E-state index is 14.3. The summed E-state index contributed by atoms with van der Waals surface area (Å²) in [4.78, 5) is 32.5. The molecule has 5 rings (SSSR count). The van der Waals surface area contributed by atoms with Crippen LogP contribution in [0, 0.1) is 5.92 Å². The van der Waals surface area contributed by atoms with Gasteiger partial charge in [-0.2, -0.15) is 0 Å². The predicted molar refractivity (Wildman–Crippen MR) is 157 cm³/mol. The summed E-state index contributed by atoms with van der Waals surface area (Å²) in [6.45, 7) is 0.461. The smallest absolute Gasteiger partial charge is 0.323 e. The molecular weight excluding hydrogens is 506 g/mol. The lowest BCUT2D eigenvalue weighted by Gasteiger charge is -2.34. The number of carbonyl (C=O) groups excluding carboxylic acids is 1. The summed E-state index contributed by atoms with van der Waals surface area (Å²) in [5.74, 6) is 0.195. The summed E-state index contributed by atoms with van der Waals surface area (Å²) in [7, 11) is 0. The Morgan fingerprint density at radius 1 is 0.923 bits per heavy atom. The first-order valence-electron chi connectivity index (χ1n) is 13.8. The Labute approximate surface area is 234 Å². The molecule has 202 valence electrons. The molecule has 1 N–H and O–H groups in total. The van der Waals surface area contributed by atoms with E-state index >= 15 is 0 Å². The molecule has 0 aliphatic heterocycles. The number of carbonyl (C=O) groups is 2. The van der Waals surface area contributed by atoms with Crippen molar-refractivity contribution in [2.75, 3.05) is 17.2 Å². The number of hydrogen-bond donors (Lipinski definition) is 1. The van der Waals surface area contributed by atoms with Gasteiger partial charge in [0, 0.05) is 18.0 Å². The standard InChI is InChI=1S/C32H35N3O3S/c36-29(37)23-35-28-20-11-10-19-27(28)33-32(35)39-22-12-21-34(26-17-8-3-9-18-26)31(38)30(24-13-4-1-5-14-24)25-15-6-2-7-16-25/h1,3-5,8-11,13-14,17-20,25,30H,2,6-7,12,15-16,21-23H2,(H,36,37). The van der Waals surface area contributed by atoms with Crippen LogP contribution in [0.5, 0.6) is 0 Å². The van der Waals surface area contributed by atoms with Gasteiger partial charge < -0.3 is 14.6 Å². The molecule has 1 saturated carbocycles. The van der Waals surface area contributed by atoms with Crippen molar-refractivity contribution in [2.45, 2.75) is 56.1 Å². The summed E-state index contributed by atoms with van der Waals surface area (Å²) in [5, 5.41) is 10.1. The molecule has 39 heavy (non-hydrogen) atoms. The lowest BCUT2D eigenvalue weighted by molar-refractivity contribution is -0.137. The zero-order valence-electron chi connectivity index (χ0n) is 22.1. The molecule has 6 nitrogen and oxygen atoms in total. The molecule has 1 fully saturated rings. The van der Waals surface area contributed by atoms with Gasteiger partial charge in [0.25, 0.3) is 0 Å². The van der Waals surface area contributed by atoms with Crippen molar-refractivity contribution >= 4 is 40.4 Å². The molecule has 1 amide bonds. The van der Waals surface area contributed by atoms with Crippen molar-refractivity contribution in [3.8, 4) is 0 Å². The first kappa shape index (κ1) is 27.0. The average Bonchev–Trinajstić information content (AvgIpc) is 3.31. The van der Waals surface area contributed by atoms with E-state index in [1.165, 1.54) is 19.3 Å². The zero-order chi connectivity index (χ0) is 27.0. The first-order valence-corrected chi connectivity index (χ1v) is 14.8. The molecule has 0 bridgehead atoms. The number of imidazole rings is 1. The maximum atomic E-state index is 14.3. The number of anilines is 1. The van der Waals surface area contributed by atoms with Gasteiger partial charge in [0.2, 0.25) is 5.91 Å². The van der Waals surface area contributed by atoms with Crippen LogP contribution in [0.4, 0.5) is 5.69 Å². The highest BCUT2D eigenvalue weighted by atomic mass is 32.2. The average molecular weight is 542 g/mol. The van der Waals surface area contributed by atoms with Crippen LogP contribution in [0.1, 0.15) is 50.0 Å². The minimum atomic E-state index is -0.893. The lowest BCUT2D eigenvalue weighted by atomic mass is 9.76. The summed E-state index contributed by atoms with van der Waals surface area (Å²) in [6.07, 6.45) is 6.54. The molecule has 1 atom stereocenters. The van der Waals surface area contributed by atoms with E-state index in [0.29, 0.717) is 17.6 Å². The first-order chi connectivity index (χ1) is 19.1. The molecule has 1 heterocycles. The number of para-hydroxylation sites is 3. The van der Waals surface area contributed by atoms with Gasteiger partial charge in [-0.1, -0.05) is 91.7 Å². The Morgan fingerprint density at radius 3 is 2.31 bits per heavy atom. The van der Waals surface area contributed by atoms with Crippen molar-refractivity contribution in [1.29, 1.82) is 0 Å². The number of thioether (sulfide) groups is 1. The van der Waals surface area contributed by atoms with Crippen LogP contribution < -0.4 is 4.90 Å². The fraction of sp³-hybridized carbons (Fsp3) is 0.344. The molecule has 0 spiro atoms. The molecule has 0 saturated heterocycles. The molecule has 1 aliphatic carbocycles. The number of aromatic nitrogens is 2. The Balaban J connectivity index is 1.35. The van der Waals surface area contributed by atoms with E-state index in [-0.39, 0.29) is 18.4 Å². The Hall–Kier alpha value is -3.58. The van der Waals surface area contributed by atoms with Gasteiger partial charge in [0.05, 0.1) is 17.0 Å². The molecule has 7 heteroatoms. The second-order valence-corrected chi connectivity index (χ2v) is 11.2. The van der Waals surface area contributed by atoms with Crippen LogP contribution in [0.2, 0.25) is 0 Å². The van der Waals surface area contributed by atoms with Crippen LogP contribution in [-0.2, 0) is 16.1 Å². The number of amides is 1. The van der Waals surface area contributed by atoms with Gasteiger partial charge in [-0.05, 0) is 55.0 Å². The van der Waals surface area contributed by atoms with E-state index in [9.17, 15) is 14.7 Å². The topological polar surface area (TPSA) is 75.4 Å². The number of hydrogen-bond acceptors (Lipinski definition) is 4. The number of rotatable bonds is 11. The Bertz CT molecular complexity index is 1380. The number of benzene rings is 3. The molecule has 1 aliphatic rings. The third-order valence-electron chi connectivity index (χ3n) is 7.55. The van der Waals surface area contributed by atoms with E-state index in [2.05, 4.69) is 17.1 Å². The van der Waals surface area contributed by atoms with Crippen LogP contribution in [0.25, 0.3) is 11.0 Å². The SMILES string of the molecule is O=C(O)Cn1c(SCCCN(C(=O)C(c2ccccc2)C2CCCCC2)c2ccccc2)nc2ccccc21. The highest BCUT2D eigenvalue weighted by Gasteiger charge is 2.34. The molecule has 1 aromatic heterocycles. The molecular formula is C32H35N3O3S. The monoisotopic (exact) mass is 541 g/mol. The third kappa shape index (κ3) is 6.53. The second kappa shape index (κ2) is 13.0. The summed E-state index contributed by atoms with van der Waals surface area (Å²) in [6, 6.07) is 27.9. The minimum Gasteiger partial charge on any atom is -0.480 e. The van der Waals surface area contributed by atoms with Gasteiger partial charge in [-0.25, -0.2) is 4.98 Å². The zero-order valence-corrected chi connectivity index (χ0v) is 22.9. The van der Waals surface area contributed by atoms with Crippen LogP contribution >= 0.6 is 11.8 Å². The number of aliphatic carboxylic acids is 1. The largest absolute Gasteiger partial charge is 0.480 e. The van der Waals surface area contributed by atoms with E-state index in [1.807, 2.05) is 77.7 Å². The quantitative estimate of drug-likeness (QED) is 0.163. The van der Waals surface area contributed by atoms with Gasteiger partial charge in [0.15, 0.2) is 5.16 Å². The van der Waals surface area contributed by atoms with Gasteiger partial charge in [0.1, 0.15) is 6.54 Å². The molecule has 3 aromatic carbocycles. The fourth-order valence-electron chi connectivity index (χ4n) is 5.72. The molecule has 0 radical (unpaired) electrons. The van der Waals surface area contributed by atoms with E-state index in [4.69, 9.17) is 0 Å². The summed E-state index contributed by atoms with van der Waals surface area (Å²) >= 11 is 1.55. The number of fused-ring (bicyclic) bond motifs is 1. The van der Waals surface area contributed by atoms with Crippen molar-refractivity contribution in [3.63, 3.8) is 0 Å². The van der Waals surface area contributed by atoms with E-state index in [1.54, 1.807) is 16.3 Å². The van der Waals surface area contributed by atoms with Crippen LogP contribution in [0.3, 0.4) is 0 Å². The van der Waals surface area contributed by atoms with Gasteiger partial charge in [-0.15, -0.1) is 0 Å². The van der Waals surface area contributed by atoms with Crippen molar-refractivity contribution in [1.82, 2.24) is 9.55 Å². The number of nitrogens with zero attached hydrogens (tertiary/aromatic N) is 3. The van der Waals surface area contributed by atoms with Gasteiger partial charge >= 0.3 is 5.97 Å². The second-order valence-electron chi connectivity index (χ2n) is 10.2. The molecule has 1 unspecified atom stereocenters. The van der Waals surface area contributed by atoms with Crippen molar-refractivity contribution < 1.29 is 14.7 Å². The fourth-order valence-corrected chi connectivity index (χ4v) is 6.66.